The van der Waals surface area contributed by atoms with Crippen LogP contribution in [0.15, 0.2) is 11.6 Å². The second-order valence-electron chi connectivity index (χ2n) is 14.1. The highest BCUT2D eigenvalue weighted by molar-refractivity contribution is 5.16. The number of aliphatic hydroxyl groups excluding tert-OH is 1. The summed E-state index contributed by atoms with van der Waals surface area (Å²) in [5, 5.41) is 10.8. The summed E-state index contributed by atoms with van der Waals surface area (Å²) in [6.45, 7) is 19.9. The molecular weight excluding hydrogens is 376 g/mol. The third-order valence-corrected chi connectivity index (χ3v) is 12.4. The summed E-state index contributed by atoms with van der Waals surface area (Å²) < 4.78 is 0. The fourth-order valence-electron chi connectivity index (χ4n) is 10.3. The standard InChI is InChI=1S/C30H52O/c1-20(2)10-9-11-21(3)22-14-18-30(8)24-12-13-25-27(4,5)26(31)16-17-28(25,6)23(24)15-19-29(22,30)7/h10,21-26,31H,9,11-19H2,1-8H3/t21?,22?,23?,24?,25?,26-,28+,29+,30?/m0/s1. The van der Waals surface area contributed by atoms with Gasteiger partial charge >= 0.3 is 0 Å². The largest absolute Gasteiger partial charge is 0.393 e. The minimum absolute atomic E-state index is 0.0806. The van der Waals surface area contributed by atoms with Gasteiger partial charge in [-0.15, -0.1) is 0 Å². The van der Waals surface area contributed by atoms with Crippen LogP contribution in [0.5, 0.6) is 0 Å². The average molecular weight is 429 g/mol. The Morgan fingerprint density at radius 1 is 0.871 bits per heavy atom. The van der Waals surface area contributed by atoms with Crippen LogP contribution in [-0.2, 0) is 0 Å². The van der Waals surface area contributed by atoms with E-state index < -0.39 is 0 Å². The molecule has 1 heteroatoms. The van der Waals surface area contributed by atoms with Crippen molar-refractivity contribution in [3.63, 3.8) is 0 Å². The molecule has 0 saturated heterocycles. The molecule has 1 N–H and O–H groups in total. The maximum atomic E-state index is 10.8. The maximum absolute atomic E-state index is 10.8. The van der Waals surface area contributed by atoms with Crippen molar-refractivity contribution in [3.8, 4) is 0 Å². The van der Waals surface area contributed by atoms with Gasteiger partial charge in [-0.25, -0.2) is 0 Å². The van der Waals surface area contributed by atoms with E-state index in [2.05, 4.69) is 61.5 Å². The van der Waals surface area contributed by atoms with Gasteiger partial charge in [-0.3, -0.25) is 0 Å². The van der Waals surface area contributed by atoms with Crippen LogP contribution in [0.3, 0.4) is 0 Å². The normalized spacial score (nSPS) is 49.5. The zero-order valence-electron chi connectivity index (χ0n) is 22.1. The van der Waals surface area contributed by atoms with E-state index >= 15 is 0 Å². The molecule has 0 radical (unpaired) electrons. The van der Waals surface area contributed by atoms with E-state index in [1.807, 2.05) is 0 Å². The van der Waals surface area contributed by atoms with Crippen LogP contribution in [-0.4, -0.2) is 11.2 Å². The minimum atomic E-state index is -0.107. The summed E-state index contributed by atoms with van der Waals surface area (Å²) >= 11 is 0. The highest BCUT2D eigenvalue weighted by Gasteiger charge is 2.67. The monoisotopic (exact) mass is 428 g/mol. The molecule has 9 atom stereocenters. The number of allylic oxidation sites excluding steroid dienone is 2. The maximum Gasteiger partial charge on any atom is 0.0594 e. The Morgan fingerprint density at radius 2 is 1.55 bits per heavy atom. The third kappa shape index (κ3) is 3.41. The molecular formula is C30H52O. The van der Waals surface area contributed by atoms with Gasteiger partial charge in [0.25, 0.3) is 0 Å². The first-order chi connectivity index (χ1) is 14.4. The van der Waals surface area contributed by atoms with Gasteiger partial charge in [-0.2, -0.15) is 0 Å². The quantitative estimate of drug-likeness (QED) is 0.445. The van der Waals surface area contributed by atoms with Crippen LogP contribution in [0.4, 0.5) is 0 Å². The van der Waals surface area contributed by atoms with Gasteiger partial charge in [0.05, 0.1) is 6.10 Å². The van der Waals surface area contributed by atoms with Gasteiger partial charge in [0.1, 0.15) is 0 Å². The van der Waals surface area contributed by atoms with Gasteiger partial charge in [0.15, 0.2) is 0 Å². The molecule has 4 fully saturated rings. The summed E-state index contributed by atoms with van der Waals surface area (Å²) in [6.07, 6.45) is 15.8. The molecule has 4 aliphatic rings. The van der Waals surface area contributed by atoms with Gasteiger partial charge < -0.3 is 5.11 Å². The molecule has 31 heavy (non-hydrogen) atoms. The third-order valence-electron chi connectivity index (χ3n) is 12.4. The van der Waals surface area contributed by atoms with E-state index in [1.54, 1.807) is 0 Å². The summed E-state index contributed by atoms with van der Waals surface area (Å²) in [6, 6.07) is 0. The lowest BCUT2D eigenvalue weighted by atomic mass is 9.38. The molecule has 0 amide bonds. The first-order valence-electron chi connectivity index (χ1n) is 13.7. The molecule has 0 bridgehead atoms. The fourth-order valence-corrected chi connectivity index (χ4v) is 10.3. The predicted octanol–water partition coefficient (Wildman–Crippen LogP) is 8.41. The molecule has 4 rings (SSSR count). The minimum Gasteiger partial charge on any atom is -0.393 e. The summed E-state index contributed by atoms with van der Waals surface area (Å²) in [5.74, 6) is 4.20. The van der Waals surface area contributed by atoms with Gasteiger partial charge in [-0.1, -0.05) is 53.2 Å². The van der Waals surface area contributed by atoms with Crippen molar-refractivity contribution in [2.45, 2.75) is 126 Å². The molecule has 1 nitrogen and oxygen atoms in total. The van der Waals surface area contributed by atoms with E-state index in [0.29, 0.717) is 22.2 Å². The van der Waals surface area contributed by atoms with Gasteiger partial charge in [0, 0.05) is 0 Å². The van der Waals surface area contributed by atoms with E-state index in [0.717, 1.165) is 30.1 Å². The predicted molar refractivity (Wildman–Crippen MR) is 133 cm³/mol. The Labute approximate surface area is 193 Å². The zero-order chi connectivity index (χ0) is 22.8. The Kier molecular flexibility index (Phi) is 6.07. The molecule has 4 aliphatic carbocycles. The van der Waals surface area contributed by atoms with E-state index in [-0.39, 0.29) is 11.5 Å². The zero-order valence-corrected chi connectivity index (χ0v) is 22.1. The summed E-state index contributed by atoms with van der Waals surface area (Å²) in [7, 11) is 0. The molecule has 178 valence electrons. The van der Waals surface area contributed by atoms with Crippen LogP contribution >= 0.6 is 0 Å². The van der Waals surface area contributed by atoms with Crippen molar-refractivity contribution >= 4 is 0 Å². The van der Waals surface area contributed by atoms with Crippen LogP contribution < -0.4 is 0 Å². The van der Waals surface area contributed by atoms with Crippen LogP contribution in [0, 0.1) is 51.2 Å². The molecule has 0 heterocycles. The molecule has 0 aliphatic heterocycles. The first kappa shape index (κ1) is 23.8. The number of fused-ring (bicyclic) bond motifs is 5. The Balaban J connectivity index is 1.58. The van der Waals surface area contributed by atoms with E-state index in [9.17, 15) is 5.11 Å². The van der Waals surface area contributed by atoms with E-state index in [4.69, 9.17) is 0 Å². The van der Waals surface area contributed by atoms with Crippen molar-refractivity contribution in [1.82, 2.24) is 0 Å². The highest BCUT2D eigenvalue weighted by Crippen LogP contribution is 2.74. The Morgan fingerprint density at radius 3 is 2.23 bits per heavy atom. The molecule has 0 aromatic heterocycles. The van der Waals surface area contributed by atoms with Crippen molar-refractivity contribution in [1.29, 1.82) is 0 Å². The Hall–Kier alpha value is -0.300. The molecule has 4 saturated carbocycles. The second-order valence-corrected chi connectivity index (χ2v) is 14.1. The molecule has 6 unspecified atom stereocenters. The fraction of sp³-hybridized carbons (Fsp3) is 0.933. The van der Waals surface area contributed by atoms with Crippen LogP contribution in [0.1, 0.15) is 120 Å². The number of aliphatic hydroxyl groups is 1. The molecule has 0 spiro atoms. The Bertz CT molecular complexity index is 701. The lowest BCUT2D eigenvalue weighted by Crippen LogP contribution is -2.61. The van der Waals surface area contributed by atoms with Crippen LogP contribution in [0.2, 0.25) is 0 Å². The smallest absolute Gasteiger partial charge is 0.0594 e. The van der Waals surface area contributed by atoms with Gasteiger partial charge in [0.2, 0.25) is 0 Å². The molecule has 0 aromatic carbocycles. The van der Waals surface area contributed by atoms with Crippen molar-refractivity contribution in [3.05, 3.63) is 11.6 Å². The van der Waals surface area contributed by atoms with Crippen LogP contribution in [0.25, 0.3) is 0 Å². The van der Waals surface area contributed by atoms with Gasteiger partial charge in [-0.05, 0) is 129 Å². The SMILES string of the molecule is CC(C)=CCCC(C)C1CCC2(C)C3CCC4C(C)(C)[C@@H](O)CC[C@]4(C)C3CC[C@]12C. The second kappa shape index (κ2) is 7.89. The topological polar surface area (TPSA) is 20.2 Å². The lowest BCUT2D eigenvalue weighted by molar-refractivity contribution is -0.200. The van der Waals surface area contributed by atoms with Crippen molar-refractivity contribution in [2.24, 2.45) is 51.2 Å². The number of rotatable bonds is 4. The molecule has 0 aromatic rings. The average Bonchev–Trinajstić information content (AvgIpc) is 2.96. The number of hydrogen-bond acceptors (Lipinski definition) is 1. The first-order valence-corrected chi connectivity index (χ1v) is 13.7. The summed E-state index contributed by atoms with van der Waals surface area (Å²) in [5.41, 5.74) is 3.02. The lowest BCUT2D eigenvalue weighted by Gasteiger charge is -2.67. The highest BCUT2D eigenvalue weighted by atomic mass is 16.3. The van der Waals surface area contributed by atoms with E-state index in [1.165, 1.54) is 63.4 Å². The van der Waals surface area contributed by atoms with Crippen molar-refractivity contribution < 1.29 is 5.11 Å². The van der Waals surface area contributed by atoms with Crippen molar-refractivity contribution in [2.75, 3.05) is 0 Å². The summed E-state index contributed by atoms with van der Waals surface area (Å²) in [4.78, 5) is 0. The number of hydrogen-bond donors (Lipinski definition) is 1.